The number of hydrogen-bond acceptors (Lipinski definition) is 3. The zero-order valence-corrected chi connectivity index (χ0v) is 13.3. The van der Waals surface area contributed by atoms with Crippen molar-refractivity contribution in [2.45, 2.75) is 31.3 Å². The van der Waals surface area contributed by atoms with E-state index in [9.17, 15) is 36.2 Å². The Kier molecular flexibility index (Phi) is 5.14. The summed E-state index contributed by atoms with van der Waals surface area (Å²) < 4.78 is 77.2. The van der Waals surface area contributed by atoms with Crippen molar-refractivity contribution in [1.82, 2.24) is 4.98 Å². The highest BCUT2D eigenvalue weighted by Crippen LogP contribution is 2.49. The van der Waals surface area contributed by atoms with Crippen LogP contribution in [0.4, 0.5) is 26.3 Å². The lowest BCUT2D eigenvalue weighted by Crippen LogP contribution is -2.54. The van der Waals surface area contributed by atoms with Crippen LogP contribution in [0.15, 0.2) is 36.5 Å². The van der Waals surface area contributed by atoms with Crippen LogP contribution < -0.4 is 0 Å². The number of carbonyl (C=O) groups excluding carboxylic acids is 1. The van der Waals surface area contributed by atoms with Crippen LogP contribution in [0.5, 0.6) is 0 Å². The number of halogens is 6. The molecule has 0 atom stereocenters. The molecule has 1 N–H and O–H groups in total. The van der Waals surface area contributed by atoms with Gasteiger partial charge in [-0.1, -0.05) is 25.1 Å². The van der Waals surface area contributed by atoms with Crippen LogP contribution in [0.3, 0.4) is 0 Å². The van der Waals surface area contributed by atoms with E-state index in [-0.39, 0.29) is 5.56 Å². The molecule has 3 nitrogen and oxygen atoms in total. The van der Waals surface area contributed by atoms with E-state index in [0.29, 0.717) is 35.5 Å². The number of benzene rings is 1. The molecule has 0 amide bonds. The van der Waals surface area contributed by atoms with Gasteiger partial charge in [-0.3, -0.25) is 9.78 Å². The van der Waals surface area contributed by atoms with E-state index in [0.717, 1.165) is 12.3 Å². The summed E-state index contributed by atoms with van der Waals surface area (Å²) in [5.74, 6) is 0. The zero-order valence-electron chi connectivity index (χ0n) is 13.3. The van der Waals surface area contributed by atoms with Gasteiger partial charge in [-0.15, -0.1) is 0 Å². The van der Waals surface area contributed by atoms with Crippen LogP contribution >= 0.6 is 0 Å². The van der Waals surface area contributed by atoms with E-state index < -0.39 is 23.6 Å². The largest absolute Gasteiger partial charge is 0.432 e. The second kappa shape index (κ2) is 6.71. The standard InChI is InChI=1S/C17H13F6NO2/c1-2-11-7-10(9-25)3-5-13(11)12-4-6-14(24-8-12)15(26,16(18,19)20)17(21,22)23/h3-9,26H,2H2,1H3. The van der Waals surface area contributed by atoms with E-state index in [1.807, 2.05) is 0 Å². The average Bonchev–Trinajstić information content (AvgIpc) is 2.58. The smallest absolute Gasteiger partial charge is 0.368 e. The summed E-state index contributed by atoms with van der Waals surface area (Å²) in [7, 11) is 0. The maximum atomic E-state index is 12.9. The van der Waals surface area contributed by atoms with Crippen LogP contribution in [0.1, 0.15) is 28.5 Å². The average molecular weight is 377 g/mol. The van der Waals surface area contributed by atoms with Gasteiger partial charge < -0.3 is 5.11 Å². The first-order valence-electron chi connectivity index (χ1n) is 7.36. The second-order valence-corrected chi connectivity index (χ2v) is 5.53. The summed E-state index contributed by atoms with van der Waals surface area (Å²) in [6, 6.07) is 6.07. The fourth-order valence-electron chi connectivity index (χ4n) is 2.48. The predicted molar refractivity (Wildman–Crippen MR) is 80.4 cm³/mol. The summed E-state index contributed by atoms with van der Waals surface area (Å²) in [6.45, 7) is 1.78. The highest BCUT2D eigenvalue weighted by Gasteiger charge is 2.72. The maximum Gasteiger partial charge on any atom is 0.432 e. The van der Waals surface area contributed by atoms with E-state index in [2.05, 4.69) is 4.98 Å². The van der Waals surface area contributed by atoms with Crippen LogP contribution in [-0.2, 0) is 12.0 Å². The number of alkyl halides is 6. The zero-order chi connectivity index (χ0) is 19.8. The van der Waals surface area contributed by atoms with E-state index in [1.165, 1.54) is 12.1 Å². The Morgan fingerprint density at radius 1 is 1.04 bits per heavy atom. The Hall–Kier alpha value is -2.42. The molecule has 9 heteroatoms. The molecule has 0 saturated carbocycles. The molecule has 0 bridgehead atoms. The van der Waals surface area contributed by atoms with Crippen molar-refractivity contribution in [1.29, 1.82) is 0 Å². The van der Waals surface area contributed by atoms with Gasteiger partial charge in [0.2, 0.25) is 0 Å². The van der Waals surface area contributed by atoms with Crippen molar-refractivity contribution in [2.75, 3.05) is 0 Å². The van der Waals surface area contributed by atoms with E-state index in [4.69, 9.17) is 0 Å². The summed E-state index contributed by atoms with van der Waals surface area (Å²) in [4.78, 5) is 14.0. The lowest BCUT2D eigenvalue weighted by Gasteiger charge is -2.31. The third-order valence-corrected chi connectivity index (χ3v) is 3.91. The number of nitrogens with zero attached hydrogens (tertiary/aromatic N) is 1. The number of carbonyl (C=O) groups is 1. The molecule has 0 spiro atoms. The number of aromatic nitrogens is 1. The minimum atomic E-state index is -5.99. The molecule has 0 radical (unpaired) electrons. The Labute approximate surface area is 144 Å². The van der Waals surface area contributed by atoms with Gasteiger partial charge in [0.1, 0.15) is 6.29 Å². The summed E-state index contributed by atoms with van der Waals surface area (Å²) in [5, 5.41) is 9.33. The third-order valence-electron chi connectivity index (χ3n) is 3.91. The van der Waals surface area contributed by atoms with Gasteiger partial charge in [-0.25, -0.2) is 0 Å². The lowest BCUT2D eigenvalue weighted by molar-refractivity contribution is -0.377. The third kappa shape index (κ3) is 3.31. The number of aliphatic hydroxyl groups is 1. The Morgan fingerprint density at radius 3 is 2.08 bits per heavy atom. The van der Waals surface area contributed by atoms with Crippen LogP contribution in [0.25, 0.3) is 11.1 Å². The van der Waals surface area contributed by atoms with Crippen molar-refractivity contribution in [3.8, 4) is 11.1 Å². The fourth-order valence-corrected chi connectivity index (χ4v) is 2.48. The molecule has 1 aromatic heterocycles. The second-order valence-electron chi connectivity index (χ2n) is 5.53. The van der Waals surface area contributed by atoms with Gasteiger partial charge in [-0.05, 0) is 29.7 Å². The number of hydrogen-bond donors (Lipinski definition) is 1. The quantitative estimate of drug-likeness (QED) is 0.633. The first kappa shape index (κ1) is 19.9. The van der Waals surface area contributed by atoms with Gasteiger partial charge in [0.25, 0.3) is 5.60 Å². The molecule has 1 aromatic carbocycles. The summed E-state index contributed by atoms with van der Waals surface area (Å²) in [5.41, 5.74) is -4.80. The number of pyridine rings is 1. The molecule has 0 aliphatic heterocycles. The summed E-state index contributed by atoms with van der Waals surface area (Å²) >= 11 is 0. The molecule has 140 valence electrons. The fraction of sp³-hybridized carbons (Fsp3) is 0.294. The van der Waals surface area contributed by atoms with Gasteiger partial charge in [0.15, 0.2) is 0 Å². The minimum absolute atomic E-state index is 0.259. The van der Waals surface area contributed by atoms with Gasteiger partial charge in [-0.2, -0.15) is 26.3 Å². The molecular formula is C17H13F6NO2. The molecule has 0 saturated heterocycles. The molecule has 0 aliphatic carbocycles. The molecule has 2 rings (SSSR count). The van der Waals surface area contributed by atoms with Crippen molar-refractivity contribution in [2.24, 2.45) is 0 Å². The molecule has 0 fully saturated rings. The van der Waals surface area contributed by atoms with Crippen LogP contribution in [0, 0.1) is 0 Å². The van der Waals surface area contributed by atoms with E-state index in [1.54, 1.807) is 13.0 Å². The highest BCUT2D eigenvalue weighted by molar-refractivity contribution is 5.78. The SMILES string of the molecule is CCc1cc(C=O)ccc1-c1ccc(C(O)(C(F)(F)F)C(F)(F)F)nc1. The van der Waals surface area contributed by atoms with Crippen LogP contribution in [-0.4, -0.2) is 28.7 Å². The van der Waals surface area contributed by atoms with Gasteiger partial charge >= 0.3 is 12.4 Å². The van der Waals surface area contributed by atoms with Crippen molar-refractivity contribution in [3.05, 3.63) is 53.3 Å². The van der Waals surface area contributed by atoms with Crippen LogP contribution in [0.2, 0.25) is 0 Å². The number of aryl methyl sites for hydroxylation is 1. The Balaban J connectivity index is 2.53. The van der Waals surface area contributed by atoms with Gasteiger partial charge in [0.05, 0.1) is 5.69 Å². The number of aldehydes is 1. The topological polar surface area (TPSA) is 50.2 Å². The first-order chi connectivity index (χ1) is 12.0. The summed E-state index contributed by atoms with van der Waals surface area (Å²) in [6.07, 6.45) is -10.0. The Bertz CT molecular complexity index is 782. The lowest BCUT2D eigenvalue weighted by atomic mass is 9.94. The monoisotopic (exact) mass is 377 g/mol. The first-order valence-corrected chi connectivity index (χ1v) is 7.36. The minimum Gasteiger partial charge on any atom is -0.368 e. The normalized spacial score (nSPS) is 12.9. The van der Waals surface area contributed by atoms with Gasteiger partial charge in [0, 0.05) is 17.3 Å². The molecular weight excluding hydrogens is 364 g/mol. The molecule has 2 aromatic rings. The molecule has 0 aliphatic rings. The number of rotatable bonds is 4. The Morgan fingerprint density at radius 2 is 1.65 bits per heavy atom. The van der Waals surface area contributed by atoms with Crippen molar-refractivity contribution >= 4 is 6.29 Å². The van der Waals surface area contributed by atoms with Crippen molar-refractivity contribution in [3.63, 3.8) is 0 Å². The molecule has 0 unspecified atom stereocenters. The maximum absolute atomic E-state index is 12.9. The molecule has 26 heavy (non-hydrogen) atoms. The van der Waals surface area contributed by atoms with E-state index >= 15 is 0 Å². The van der Waals surface area contributed by atoms with Crippen molar-refractivity contribution < 1.29 is 36.2 Å². The highest BCUT2D eigenvalue weighted by atomic mass is 19.4. The molecule has 1 heterocycles. The predicted octanol–water partition coefficient (Wildman–Crippen LogP) is 4.44.